The summed E-state index contributed by atoms with van der Waals surface area (Å²) in [4.78, 5) is 13.9. The highest BCUT2D eigenvalue weighted by atomic mass is 32.2. The average molecular weight is 279 g/mol. The summed E-state index contributed by atoms with van der Waals surface area (Å²) in [6.45, 7) is 2.91. The Kier molecular flexibility index (Phi) is 3.09. The molecule has 1 amide bonds. The van der Waals surface area contributed by atoms with Crippen LogP contribution < -0.4 is 9.47 Å². The first-order valence-corrected chi connectivity index (χ1v) is 7.25. The molecule has 0 spiro atoms. The molecule has 0 radical (unpaired) electrons. The van der Waals surface area contributed by atoms with Crippen molar-refractivity contribution < 1.29 is 14.3 Å². The third-order valence-electron chi connectivity index (χ3n) is 3.89. The molecule has 0 unspecified atom stereocenters. The van der Waals surface area contributed by atoms with Crippen LogP contribution in [0.4, 0.5) is 4.79 Å². The number of carbonyl (C=O) groups excluding carboxylic acids is 1. The van der Waals surface area contributed by atoms with E-state index < -0.39 is 0 Å². The van der Waals surface area contributed by atoms with Gasteiger partial charge in [-0.3, -0.25) is 4.79 Å². The minimum absolute atomic E-state index is 0.168. The van der Waals surface area contributed by atoms with Gasteiger partial charge in [-0.1, -0.05) is 18.7 Å². The molecule has 1 fully saturated rings. The zero-order valence-electron chi connectivity index (χ0n) is 11.3. The van der Waals surface area contributed by atoms with Crippen molar-refractivity contribution in [3.63, 3.8) is 0 Å². The predicted octanol–water partition coefficient (Wildman–Crippen LogP) is 2.86. The highest BCUT2D eigenvalue weighted by Gasteiger charge is 2.42. The van der Waals surface area contributed by atoms with E-state index in [2.05, 4.69) is 6.92 Å². The van der Waals surface area contributed by atoms with Crippen molar-refractivity contribution in [1.29, 1.82) is 0 Å². The second kappa shape index (κ2) is 4.63. The molecular formula is C14H17NO3S. The topological polar surface area (TPSA) is 38.8 Å². The molecule has 0 saturated carbocycles. The second-order valence-corrected chi connectivity index (χ2v) is 6.21. The Balaban J connectivity index is 2.09. The molecule has 0 aromatic heterocycles. The minimum Gasteiger partial charge on any atom is -0.493 e. The van der Waals surface area contributed by atoms with Crippen LogP contribution in [0, 0.1) is 0 Å². The summed E-state index contributed by atoms with van der Waals surface area (Å²) in [6, 6.07) is 4.24. The lowest BCUT2D eigenvalue weighted by Crippen LogP contribution is -2.35. The Morgan fingerprint density at radius 1 is 1.26 bits per heavy atom. The first-order valence-electron chi connectivity index (χ1n) is 6.37. The Hall–Kier alpha value is -1.36. The first kappa shape index (κ1) is 12.7. The third-order valence-corrected chi connectivity index (χ3v) is 4.95. The number of hydrogen-bond donors (Lipinski definition) is 0. The lowest BCUT2D eigenvalue weighted by Gasteiger charge is -2.33. The van der Waals surface area contributed by atoms with E-state index in [0.29, 0.717) is 0 Å². The van der Waals surface area contributed by atoms with Crippen LogP contribution in [0.5, 0.6) is 11.5 Å². The lowest BCUT2D eigenvalue weighted by atomic mass is 9.91. The maximum Gasteiger partial charge on any atom is 0.282 e. The predicted molar refractivity (Wildman–Crippen MR) is 75.1 cm³/mol. The van der Waals surface area contributed by atoms with Gasteiger partial charge in [0.25, 0.3) is 5.24 Å². The molecule has 102 valence electrons. The molecule has 1 saturated heterocycles. The summed E-state index contributed by atoms with van der Waals surface area (Å²) in [7, 11) is 3.29. The normalized spacial score (nSPS) is 25.0. The molecular weight excluding hydrogens is 262 g/mol. The van der Waals surface area contributed by atoms with Crippen molar-refractivity contribution in [3.8, 4) is 11.5 Å². The minimum atomic E-state index is 0.168. The van der Waals surface area contributed by atoms with E-state index in [1.807, 2.05) is 17.0 Å². The fourth-order valence-electron chi connectivity index (χ4n) is 2.98. The van der Waals surface area contributed by atoms with Crippen LogP contribution in [0.2, 0.25) is 0 Å². The molecule has 19 heavy (non-hydrogen) atoms. The molecule has 2 aliphatic rings. The van der Waals surface area contributed by atoms with E-state index in [-0.39, 0.29) is 16.5 Å². The highest BCUT2D eigenvalue weighted by molar-refractivity contribution is 8.14. The van der Waals surface area contributed by atoms with Crippen LogP contribution in [0.25, 0.3) is 0 Å². The summed E-state index contributed by atoms with van der Waals surface area (Å²) in [5.41, 5.74) is 2.47. The average Bonchev–Trinajstić information content (AvgIpc) is 2.72. The van der Waals surface area contributed by atoms with Gasteiger partial charge in [0.2, 0.25) is 0 Å². The number of methoxy groups -OCH3 is 2. The van der Waals surface area contributed by atoms with E-state index in [4.69, 9.17) is 9.47 Å². The molecule has 3 rings (SSSR count). The number of fused-ring (bicyclic) bond motifs is 3. The van der Waals surface area contributed by atoms with Crippen molar-refractivity contribution in [2.75, 3.05) is 20.8 Å². The number of ether oxygens (including phenoxy) is 2. The van der Waals surface area contributed by atoms with Gasteiger partial charge >= 0.3 is 0 Å². The molecule has 5 heteroatoms. The van der Waals surface area contributed by atoms with E-state index in [1.54, 1.807) is 14.2 Å². The van der Waals surface area contributed by atoms with Crippen molar-refractivity contribution in [1.82, 2.24) is 4.90 Å². The number of rotatable bonds is 2. The fourth-order valence-corrected chi connectivity index (χ4v) is 4.06. The van der Waals surface area contributed by atoms with Crippen LogP contribution >= 0.6 is 11.8 Å². The molecule has 1 aromatic carbocycles. The van der Waals surface area contributed by atoms with Crippen molar-refractivity contribution >= 4 is 17.0 Å². The van der Waals surface area contributed by atoms with Gasteiger partial charge in [0.15, 0.2) is 11.5 Å². The summed E-state index contributed by atoms with van der Waals surface area (Å²) >= 11 is 1.43. The van der Waals surface area contributed by atoms with Gasteiger partial charge in [-0.05, 0) is 29.7 Å². The maximum atomic E-state index is 11.9. The molecule has 2 atom stereocenters. The Morgan fingerprint density at radius 2 is 1.95 bits per heavy atom. The summed E-state index contributed by atoms with van der Waals surface area (Å²) < 4.78 is 10.7. The fraction of sp³-hybridized carbons (Fsp3) is 0.500. The molecule has 2 heterocycles. The zero-order chi connectivity index (χ0) is 13.6. The van der Waals surface area contributed by atoms with Crippen molar-refractivity contribution in [2.45, 2.75) is 24.6 Å². The number of hydrogen-bond acceptors (Lipinski definition) is 4. The third kappa shape index (κ3) is 1.87. The van der Waals surface area contributed by atoms with Crippen LogP contribution in [-0.2, 0) is 6.42 Å². The van der Waals surface area contributed by atoms with E-state index >= 15 is 0 Å². The Bertz CT molecular complexity index is 532. The SMILES string of the molecule is COc1cc2c(cc1OC)[C@H]1[C@@H](C)SC(=O)N1CC2. The van der Waals surface area contributed by atoms with Gasteiger partial charge in [0, 0.05) is 11.8 Å². The molecule has 0 aliphatic carbocycles. The summed E-state index contributed by atoms with van der Waals surface area (Å²) in [6.07, 6.45) is 0.880. The highest BCUT2D eigenvalue weighted by Crippen LogP contribution is 2.47. The Morgan fingerprint density at radius 3 is 2.63 bits per heavy atom. The lowest BCUT2D eigenvalue weighted by molar-refractivity contribution is 0.201. The number of nitrogens with zero attached hydrogens (tertiary/aromatic N) is 1. The van der Waals surface area contributed by atoms with Gasteiger partial charge in [-0.2, -0.15) is 0 Å². The van der Waals surface area contributed by atoms with Gasteiger partial charge < -0.3 is 14.4 Å². The van der Waals surface area contributed by atoms with Crippen LogP contribution in [0.1, 0.15) is 24.1 Å². The van der Waals surface area contributed by atoms with Gasteiger partial charge in [0.05, 0.1) is 20.3 Å². The van der Waals surface area contributed by atoms with E-state index in [0.717, 1.165) is 24.5 Å². The maximum absolute atomic E-state index is 11.9. The van der Waals surface area contributed by atoms with Gasteiger partial charge in [-0.15, -0.1) is 0 Å². The monoisotopic (exact) mass is 279 g/mol. The second-order valence-electron chi connectivity index (χ2n) is 4.88. The largest absolute Gasteiger partial charge is 0.493 e. The molecule has 2 aliphatic heterocycles. The number of benzene rings is 1. The van der Waals surface area contributed by atoms with Crippen molar-refractivity contribution in [3.05, 3.63) is 23.3 Å². The zero-order valence-corrected chi connectivity index (χ0v) is 12.1. The van der Waals surface area contributed by atoms with Crippen molar-refractivity contribution in [2.24, 2.45) is 0 Å². The quantitative estimate of drug-likeness (QED) is 0.834. The number of amides is 1. The Labute approximate surface area is 117 Å². The standard InChI is InChI=1S/C14H17NO3S/c1-8-13-10-7-12(18-3)11(17-2)6-9(10)4-5-15(13)14(16)19-8/h6-8,13H,4-5H2,1-3H3/t8-,13-/m1/s1. The van der Waals surface area contributed by atoms with E-state index in [1.165, 1.54) is 22.9 Å². The van der Waals surface area contributed by atoms with Crippen LogP contribution in [0.3, 0.4) is 0 Å². The molecule has 4 nitrogen and oxygen atoms in total. The molecule has 0 bridgehead atoms. The number of thioether (sulfide) groups is 1. The molecule has 1 aromatic rings. The smallest absolute Gasteiger partial charge is 0.282 e. The van der Waals surface area contributed by atoms with E-state index in [9.17, 15) is 4.79 Å². The number of carbonyl (C=O) groups is 1. The summed E-state index contributed by atoms with van der Waals surface area (Å²) in [5.74, 6) is 1.50. The van der Waals surface area contributed by atoms with Crippen LogP contribution in [-0.4, -0.2) is 36.2 Å². The van der Waals surface area contributed by atoms with Crippen LogP contribution in [0.15, 0.2) is 12.1 Å². The van der Waals surface area contributed by atoms with Gasteiger partial charge in [-0.25, -0.2) is 0 Å². The molecule has 0 N–H and O–H groups in total. The van der Waals surface area contributed by atoms with Gasteiger partial charge in [0.1, 0.15) is 0 Å². The first-order chi connectivity index (χ1) is 9.15. The summed E-state index contributed by atoms with van der Waals surface area (Å²) in [5, 5.41) is 0.475.